The smallest absolute Gasteiger partial charge is 0.262 e. The zero-order valence-electron chi connectivity index (χ0n) is 25.4. The van der Waals surface area contributed by atoms with E-state index in [9.17, 15) is 14.4 Å². The van der Waals surface area contributed by atoms with Crippen molar-refractivity contribution >= 4 is 40.7 Å². The summed E-state index contributed by atoms with van der Waals surface area (Å²) in [6.45, 7) is 0. The third-order valence-electron chi connectivity index (χ3n) is 8.39. The molecule has 0 fully saturated rings. The summed E-state index contributed by atoms with van der Waals surface area (Å²) in [5, 5.41) is 1.14. The summed E-state index contributed by atoms with van der Waals surface area (Å²) >= 11 is 12.6. The van der Waals surface area contributed by atoms with E-state index in [-0.39, 0.29) is 30.3 Å². The highest BCUT2D eigenvalue weighted by Crippen LogP contribution is 2.38. The lowest BCUT2D eigenvalue weighted by molar-refractivity contribution is 0.0934. The maximum atomic E-state index is 14.6. The van der Waals surface area contributed by atoms with Crippen LogP contribution in [0.5, 0.6) is 0 Å². The zero-order valence-corrected chi connectivity index (χ0v) is 26.9. The minimum Gasteiger partial charge on any atom is -0.294 e. The van der Waals surface area contributed by atoms with Crippen LogP contribution in [-0.4, -0.2) is 22.0 Å². The van der Waals surface area contributed by atoms with Gasteiger partial charge in [-0.25, -0.2) is 0 Å². The van der Waals surface area contributed by atoms with Crippen LogP contribution < -0.4 is 0 Å². The molecule has 0 saturated carbocycles. The van der Waals surface area contributed by atoms with Gasteiger partial charge in [-0.05, 0) is 59.7 Å². The summed E-state index contributed by atoms with van der Waals surface area (Å²) < 4.78 is 1.70. The Balaban J connectivity index is 1.54. The molecule has 47 heavy (non-hydrogen) atoms. The van der Waals surface area contributed by atoms with Gasteiger partial charge in [0, 0.05) is 62.8 Å². The molecule has 6 heteroatoms. The molecule has 5 aromatic carbocycles. The van der Waals surface area contributed by atoms with Gasteiger partial charge >= 0.3 is 0 Å². The molecule has 0 aliphatic heterocycles. The molecule has 0 bridgehead atoms. The number of hydrogen-bond donors (Lipinski definition) is 0. The molecule has 0 N–H and O–H groups in total. The average Bonchev–Trinajstić information content (AvgIpc) is 3.55. The summed E-state index contributed by atoms with van der Waals surface area (Å²) in [5.41, 5.74) is 4.64. The second-order valence-corrected chi connectivity index (χ2v) is 12.3. The minimum atomic E-state index is -0.489. The van der Waals surface area contributed by atoms with E-state index in [1.54, 1.807) is 65.2 Å². The number of hydrogen-bond acceptors (Lipinski definition) is 3. The van der Waals surface area contributed by atoms with Gasteiger partial charge in [0.25, 0.3) is 5.91 Å². The van der Waals surface area contributed by atoms with Crippen molar-refractivity contribution in [1.82, 2.24) is 4.57 Å². The van der Waals surface area contributed by atoms with Crippen LogP contribution in [0.3, 0.4) is 0 Å². The molecule has 1 heterocycles. The molecule has 4 nitrogen and oxygen atoms in total. The van der Waals surface area contributed by atoms with Crippen LogP contribution in [0.2, 0.25) is 10.0 Å². The topological polar surface area (TPSA) is 56.1 Å². The molecular weight excluding hydrogens is 625 g/mol. The molecule has 0 aliphatic rings. The summed E-state index contributed by atoms with van der Waals surface area (Å²) in [5.74, 6) is -1.34. The second-order valence-electron chi connectivity index (χ2n) is 11.4. The van der Waals surface area contributed by atoms with Crippen molar-refractivity contribution in [2.45, 2.75) is 24.7 Å². The lowest BCUT2D eigenvalue weighted by Gasteiger charge is -2.24. The van der Waals surface area contributed by atoms with Crippen LogP contribution in [0.4, 0.5) is 0 Å². The van der Waals surface area contributed by atoms with Crippen LogP contribution in [-0.2, 0) is 0 Å². The normalized spacial score (nSPS) is 12.3. The Morgan fingerprint density at radius 3 is 1.15 bits per heavy atom. The maximum Gasteiger partial charge on any atom is 0.262 e. The molecule has 2 unspecified atom stereocenters. The largest absolute Gasteiger partial charge is 0.294 e. The molecule has 6 rings (SSSR count). The van der Waals surface area contributed by atoms with E-state index in [0.717, 1.165) is 11.1 Å². The van der Waals surface area contributed by atoms with Crippen molar-refractivity contribution in [1.29, 1.82) is 0 Å². The lowest BCUT2D eigenvalue weighted by atomic mass is 9.88. The predicted molar refractivity (Wildman–Crippen MR) is 188 cm³/mol. The summed E-state index contributed by atoms with van der Waals surface area (Å²) in [4.78, 5) is 42.1. The fourth-order valence-electron chi connectivity index (χ4n) is 5.99. The van der Waals surface area contributed by atoms with Gasteiger partial charge in [0.2, 0.25) is 0 Å². The van der Waals surface area contributed by atoms with E-state index in [0.29, 0.717) is 38.1 Å². The molecule has 0 radical (unpaired) electrons. The third-order valence-corrected chi connectivity index (χ3v) is 8.90. The molecule has 0 spiro atoms. The fourth-order valence-corrected chi connectivity index (χ4v) is 6.24. The molecule has 0 saturated heterocycles. The molecule has 0 aliphatic carbocycles. The van der Waals surface area contributed by atoms with Crippen LogP contribution in [0, 0.1) is 0 Å². The van der Waals surface area contributed by atoms with Crippen molar-refractivity contribution in [2.75, 3.05) is 0 Å². The van der Waals surface area contributed by atoms with Gasteiger partial charge in [0.05, 0.1) is 0 Å². The highest BCUT2D eigenvalue weighted by molar-refractivity contribution is 6.30. The summed E-state index contributed by atoms with van der Waals surface area (Å²) in [7, 11) is 0. The van der Waals surface area contributed by atoms with Crippen LogP contribution >= 0.6 is 23.2 Å². The molecule has 6 aromatic rings. The molecule has 2 atom stereocenters. The summed E-state index contributed by atoms with van der Waals surface area (Å²) in [6, 6.07) is 45.9. The van der Waals surface area contributed by atoms with Gasteiger partial charge in [0.1, 0.15) is 0 Å². The van der Waals surface area contributed by atoms with Crippen molar-refractivity contribution in [3.8, 4) is 0 Å². The number of carbonyl (C=O) groups excluding carboxylic acids is 3. The van der Waals surface area contributed by atoms with Crippen LogP contribution in [0.25, 0.3) is 0 Å². The number of rotatable bonds is 11. The van der Waals surface area contributed by atoms with Crippen molar-refractivity contribution in [3.05, 3.63) is 201 Å². The minimum absolute atomic E-state index is 0.0551. The Morgan fingerprint density at radius 2 is 0.787 bits per heavy atom. The first-order valence-electron chi connectivity index (χ1n) is 15.4. The van der Waals surface area contributed by atoms with Gasteiger partial charge in [-0.2, -0.15) is 0 Å². The first kappa shape index (κ1) is 31.9. The maximum absolute atomic E-state index is 14.6. The van der Waals surface area contributed by atoms with E-state index >= 15 is 0 Å². The van der Waals surface area contributed by atoms with Gasteiger partial charge in [0.15, 0.2) is 11.6 Å². The number of aromatic nitrogens is 1. The highest BCUT2D eigenvalue weighted by Gasteiger charge is 2.31. The first-order chi connectivity index (χ1) is 22.9. The number of Topliss-reactive ketones (excluding diaryl/α,β-unsaturated/α-hetero) is 2. The molecule has 232 valence electrons. The number of carbonyl (C=O) groups is 3. The van der Waals surface area contributed by atoms with Gasteiger partial charge in [-0.1, -0.05) is 126 Å². The Kier molecular flexibility index (Phi) is 9.92. The Bertz CT molecular complexity index is 1870. The SMILES string of the molecule is O=C(CC(c1ccc(Cl)cc1)c1ccc(C(CC(=O)c2ccccc2)c2ccc(Cl)cc2)n1C(=O)c1ccccc1)c1ccccc1. The van der Waals surface area contributed by atoms with Crippen LogP contribution in [0.15, 0.2) is 152 Å². The van der Waals surface area contributed by atoms with Gasteiger partial charge in [-0.15, -0.1) is 0 Å². The van der Waals surface area contributed by atoms with E-state index < -0.39 is 11.8 Å². The Hall–Kier alpha value is -5.03. The highest BCUT2D eigenvalue weighted by atomic mass is 35.5. The molecule has 0 amide bonds. The van der Waals surface area contributed by atoms with Gasteiger partial charge < -0.3 is 0 Å². The van der Waals surface area contributed by atoms with Gasteiger partial charge in [-0.3, -0.25) is 19.0 Å². The second kappa shape index (κ2) is 14.6. The number of ketones is 2. The lowest BCUT2D eigenvalue weighted by Crippen LogP contribution is -2.24. The van der Waals surface area contributed by atoms with E-state index in [1.165, 1.54) is 0 Å². The van der Waals surface area contributed by atoms with E-state index in [2.05, 4.69) is 0 Å². The standard InChI is InChI=1S/C41H31Cl2NO3/c42-33-20-16-28(17-21-33)35(26-39(45)30-10-4-1-5-11-30)37-24-25-38(44(37)41(47)32-14-8-3-9-15-32)36(29-18-22-34(43)23-19-29)27-40(46)31-12-6-2-7-13-31/h1-25,35-36H,26-27H2. The van der Waals surface area contributed by atoms with Crippen molar-refractivity contribution < 1.29 is 14.4 Å². The molecular formula is C41H31Cl2NO3. The molecule has 1 aromatic heterocycles. The van der Waals surface area contributed by atoms with E-state index in [1.807, 2.05) is 91.0 Å². The Morgan fingerprint density at radius 1 is 0.447 bits per heavy atom. The number of halogens is 2. The average molecular weight is 657 g/mol. The summed E-state index contributed by atoms with van der Waals surface area (Å²) in [6.07, 6.45) is 0.234. The van der Waals surface area contributed by atoms with Crippen molar-refractivity contribution in [3.63, 3.8) is 0 Å². The Labute approximate surface area is 284 Å². The first-order valence-corrected chi connectivity index (χ1v) is 16.1. The third kappa shape index (κ3) is 7.36. The monoisotopic (exact) mass is 655 g/mol. The quantitative estimate of drug-likeness (QED) is 0.130. The number of nitrogens with zero attached hydrogens (tertiary/aromatic N) is 1. The fraction of sp³-hybridized carbons (Fsp3) is 0.0976. The van der Waals surface area contributed by atoms with Crippen molar-refractivity contribution in [2.24, 2.45) is 0 Å². The predicted octanol–water partition coefficient (Wildman–Crippen LogP) is 10.3. The van der Waals surface area contributed by atoms with E-state index in [4.69, 9.17) is 23.2 Å². The zero-order chi connectivity index (χ0) is 32.8. The number of benzene rings is 5. The van der Waals surface area contributed by atoms with Crippen LogP contribution in [0.1, 0.15) is 78.3 Å².